The third-order valence-corrected chi connectivity index (χ3v) is 2.57. The maximum absolute atomic E-state index is 5.92. The van der Waals surface area contributed by atoms with E-state index in [1.165, 1.54) is 0 Å². The number of hydrogen-bond acceptors (Lipinski definition) is 3. The molecule has 0 aliphatic heterocycles. The van der Waals surface area contributed by atoms with Gasteiger partial charge in [0.05, 0.1) is 5.69 Å². The topological polar surface area (TPSA) is 48.1 Å². The van der Waals surface area contributed by atoms with Crippen molar-refractivity contribution in [2.75, 3.05) is 5.73 Å². The van der Waals surface area contributed by atoms with Crippen molar-refractivity contribution in [3.05, 3.63) is 47.1 Å². The first-order chi connectivity index (χ1) is 7.66. The molecule has 0 aliphatic carbocycles. The van der Waals surface area contributed by atoms with Crippen LogP contribution in [0.2, 0.25) is 5.02 Å². The summed E-state index contributed by atoms with van der Waals surface area (Å²) >= 11 is 5.92. The lowest BCUT2D eigenvalue weighted by Gasteiger charge is -2.07. The van der Waals surface area contributed by atoms with E-state index in [1.807, 2.05) is 13.0 Å². The lowest BCUT2D eigenvalue weighted by atomic mass is 10.2. The Morgan fingerprint density at radius 3 is 2.81 bits per heavy atom. The second-order valence-corrected chi connectivity index (χ2v) is 3.82. The second kappa shape index (κ2) is 4.41. The number of nitrogen functional groups attached to an aromatic ring is 1. The van der Waals surface area contributed by atoms with Crippen LogP contribution in [0.15, 0.2) is 36.5 Å². The fourth-order valence-corrected chi connectivity index (χ4v) is 1.40. The highest BCUT2D eigenvalue weighted by molar-refractivity contribution is 6.31. The molecule has 0 saturated carbocycles. The molecular formula is C12H11ClN2O. The van der Waals surface area contributed by atoms with E-state index in [0.717, 1.165) is 5.56 Å². The molecule has 16 heavy (non-hydrogen) atoms. The molecule has 2 aromatic rings. The van der Waals surface area contributed by atoms with Crippen molar-refractivity contribution >= 4 is 17.3 Å². The molecule has 3 nitrogen and oxygen atoms in total. The van der Waals surface area contributed by atoms with Gasteiger partial charge in [0.15, 0.2) is 0 Å². The summed E-state index contributed by atoms with van der Waals surface area (Å²) in [5.74, 6) is 1.08. The quantitative estimate of drug-likeness (QED) is 0.866. The largest absolute Gasteiger partial charge is 0.437 e. The van der Waals surface area contributed by atoms with Gasteiger partial charge in [-0.1, -0.05) is 11.6 Å². The molecule has 0 aliphatic rings. The monoisotopic (exact) mass is 234 g/mol. The molecule has 1 heterocycles. The van der Waals surface area contributed by atoms with Crippen LogP contribution >= 0.6 is 11.6 Å². The van der Waals surface area contributed by atoms with Crippen LogP contribution < -0.4 is 10.5 Å². The Morgan fingerprint density at radius 1 is 1.31 bits per heavy atom. The number of hydrogen-bond donors (Lipinski definition) is 1. The summed E-state index contributed by atoms with van der Waals surface area (Å²) in [4.78, 5) is 4.05. The third-order valence-electron chi connectivity index (χ3n) is 2.14. The molecule has 0 radical (unpaired) electrons. The number of halogens is 1. The molecule has 0 spiro atoms. The van der Waals surface area contributed by atoms with Gasteiger partial charge in [0.25, 0.3) is 0 Å². The van der Waals surface area contributed by atoms with E-state index >= 15 is 0 Å². The van der Waals surface area contributed by atoms with E-state index < -0.39 is 0 Å². The number of nitrogens with zero attached hydrogens (tertiary/aromatic N) is 1. The molecule has 0 atom stereocenters. The van der Waals surface area contributed by atoms with Gasteiger partial charge in [0, 0.05) is 11.2 Å². The van der Waals surface area contributed by atoms with Crippen molar-refractivity contribution in [2.24, 2.45) is 0 Å². The Balaban J connectivity index is 2.28. The van der Waals surface area contributed by atoms with Crippen LogP contribution in [0.1, 0.15) is 5.56 Å². The van der Waals surface area contributed by atoms with E-state index in [1.54, 1.807) is 30.5 Å². The number of ether oxygens (including phenoxy) is 1. The summed E-state index contributed by atoms with van der Waals surface area (Å²) in [6, 6.07) is 8.91. The first kappa shape index (κ1) is 10.8. The van der Waals surface area contributed by atoms with Gasteiger partial charge < -0.3 is 10.5 Å². The number of nitrogens with two attached hydrogens (primary N) is 1. The predicted octanol–water partition coefficient (Wildman–Crippen LogP) is 3.42. The predicted molar refractivity (Wildman–Crippen MR) is 64.9 cm³/mol. The van der Waals surface area contributed by atoms with Crippen molar-refractivity contribution in [2.45, 2.75) is 6.92 Å². The molecule has 4 heteroatoms. The molecule has 1 aromatic carbocycles. The van der Waals surface area contributed by atoms with Crippen LogP contribution in [0.5, 0.6) is 11.6 Å². The van der Waals surface area contributed by atoms with Crippen molar-refractivity contribution in [3.63, 3.8) is 0 Å². The SMILES string of the molecule is Cc1cc(Oc2ncccc2N)ccc1Cl. The highest BCUT2D eigenvalue weighted by Gasteiger charge is 2.03. The van der Waals surface area contributed by atoms with Gasteiger partial charge in [-0.15, -0.1) is 0 Å². The average molecular weight is 235 g/mol. The zero-order chi connectivity index (χ0) is 11.5. The van der Waals surface area contributed by atoms with E-state index in [9.17, 15) is 0 Å². The molecule has 0 bridgehead atoms. The van der Waals surface area contributed by atoms with Crippen LogP contribution in [0.4, 0.5) is 5.69 Å². The Labute approximate surface area is 98.8 Å². The molecule has 0 unspecified atom stereocenters. The standard InChI is InChI=1S/C12H11ClN2O/c1-8-7-9(4-5-10(8)13)16-12-11(14)3-2-6-15-12/h2-7H,14H2,1H3. The fourth-order valence-electron chi connectivity index (χ4n) is 1.28. The number of pyridine rings is 1. The van der Waals surface area contributed by atoms with Crippen LogP contribution in [0, 0.1) is 6.92 Å². The zero-order valence-corrected chi connectivity index (χ0v) is 9.53. The molecule has 0 saturated heterocycles. The van der Waals surface area contributed by atoms with Crippen LogP contribution in [0.3, 0.4) is 0 Å². The van der Waals surface area contributed by atoms with Crippen molar-refractivity contribution < 1.29 is 4.74 Å². The van der Waals surface area contributed by atoms with Gasteiger partial charge in [0.1, 0.15) is 5.75 Å². The Morgan fingerprint density at radius 2 is 2.12 bits per heavy atom. The van der Waals surface area contributed by atoms with Crippen LogP contribution in [0.25, 0.3) is 0 Å². The Kier molecular flexibility index (Phi) is 2.97. The Bertz CT molecular complexity index is 514. The van der Waals surface area contributed by atoms with Gasteiger partial charge in [0.2, 0.25) is 5.88 Å². The average Bonchev–Trinajstić information content (AvgIpc) is 2.27. The summed E-state index contributed by atoms with van der Waals surface area (Å²) in [5.41, 5.74) is 7.18. The number of aromatic nitrogens is 1. The molecule has 2 rings (SSSR count). The molecule has 1 aromatic heterocycles. The molecule has 2 N–H and O–H groups in total. The van der Waals surface area contributed by atoms with Crippen molar-refractivity contribution in [1.29, 1.82) is 0 Å². The minimum Gasteiger partial charge on any atom is -0.437 e. The molecule has 82 valence electrons. The first-order valence-corrected chi connectivity index (χ1v) is 5.19. The van der Waals surface area contributed by atoms with Crippen LogP contribution in [-0.4, -0.2) is 4.98 Å². The van der Waals surface area contributed by atoms with Crippen molar-refractivity contribution in [3.8, 4) is 11.6 Å². The fraction of sp³-hybridized carbons (Fsp3) is 0.0833. The van der Waals surface area contributed by atoms with Gasteiger partial charge >= 0.3 is 0 Å². The maximum atomic E-state index is 5.92. The molecular weight excluding hydrogens is 224 g/mol. The lowest BCUT2D eigenvalue weighted by molar-refractivity contribution is 0.465. The van der Waals surface area contributed by atoms with E-state index in [0.29, 0.717) is 22.3 Å². The van der Waals surface area contributed by atoms with Gasteiger partial charge in [-0.3, -0.25) is 0 Å². The minimum absolute atomic E-state index is 0.407. The maximum Gasteiger partial charge on any atom is 0.242 e. The van der Waals surface area contributed by atoms with E-state index in [2.05, 4.69) is 4.98 Å². The zero-order valence-electron chi connectivity index (χ0n) is 8.77. The van der Waals surface area contributed by atoms with E-state index in [-0.39, 0.29) is 0 Å². The van der Waals surface area contributed by atoms with Gasteiger partial charge in [-0.05, 0) is 42.8 Å². The van der Waals surface area contributed by atoms with E-state index in [4.69, 9.17) is 22.1 Å². The summed E-state index contributed by atoms with van der Waals surface area (Å²) in [5, 5.41) is 0.710. The Hall–Kier alpha value is -1.74. The summed E-state index contributed by atoms with van der Waals surface area (Å²) in [6.45, 7) is 1.91. The lowest BCUT2D eigenvalue weighted by Crippen LogP contribution is -1.94. The summed E-state index contributed by atoms with van der Waals surface area (Å²) in [6.07, 6.45) is 1.63. The normalized spacial score (nSPS) is 10.1. The number of rotatable bonds is 2. The first-order valence-electron chi connectivity index (χ1n) is 4.81. The third kappa shape index (κ3) is 2.25. The minimum atomic E-state index is 0.407. The van der Waals surface area contributed by atoms with Crippen LogP contribution in [-0.2, 0) is 0 Å². The number of aryl methyl sites for hydroxylation is 1. The second-order valence-electron chi connectivity index (χ2n) is 3.41. The highest BCUT2D eigenvalue weighted by Crippen LogP contribution is 2.27. The highest BCUT2D eigenvalue weighted by atomic mass is 35.5. The molecule has 0 fully saturated rings. The van der Waals surface area contributed by atoms with Gasteiger partial charge in [-0.2, -0.15) is 0 Å². The summed E-state index contributed by atoms with van der Waals surface area (Å²) < 4.78 is 5.55. The van der Waals surface area contributed by atoms with Gasteiger partial charge in [-0.25, -0.2) is 4.98 Å². The number of benzene rings is 1. The van der Waals surface area contributed by atoms with Crippen molar-refractivity contribution in [1.82, 2.24) is 4.98 Å². The molecule has 0 amide bonds. The smallest absolute Gasteiger partial charge is 0.242 e. The summed E-state index contributed by atoms with van der Waals surface area (Å²) in [7, 11) is 0. The number of anilines is 1.